The lowest BCUT2D eigenvalue weighted by atomic mass is 10.0. The van der Waals surface area contributed by atoms with E-state index in [2.05, 4.69) is 44.4 Å². The second kappa shape index (κ2) is 9.39. The summed E-state index contributed by atoms with van der Waals surface area (Å²) >= 11 is 1.25. The lowest BCUT2D eigenvalue weighted by molar-refractivity contribution is 0.104. The van der Waals surface area contributed by atoms with E-state index in [-0.39, 0.29) is 18.4 Å². The van der Waals surface area contributed by atoms with Crippen molar-refractivity contribution in [1.82, 2.24) is 9.88 Å². The molecule has 2 saturated heterocycles. The van der Waals surface area contributed by atoms with Gasteiger partial charge >= 0.3 is 0 Å². The van der Waals surface area contributed by atoms with Crippen molar-refractivity contribution in [2.45, 2.75) is 31.7 Å². The highest BCUT2D eigenvalue weighted by atomic mass is 32.1. The van der Waals surface area contributed by atoms with Crippen molar-refractivity contribution >= 4 is 39.4 Å². The molecule has 0 amide bonds. The van der Waals surface area contributed by atoms with Gasteiger partial charge in [0, 0.05) is 36.1 Å². The molecule has 3 N–H and O–H groups in total. The highest BCUT2D eigenvalue weighted by Gasteiger charge is 2.26. The number of aromatic nitrogens is 1. The third-order valence-electron chi connectivity index (χ3n) is 7.10. The predicted octanol–water partition coefficient (Wildman–Crippen LogP) is 4.49. The summed E-state index contributed by atoms with van der Waals surface area (Å²) in [4.78, 5) is 22.9. The van der Waals surface area contributed by atoms with Gasteiger partial charge in [-0.15, -0.1) is 0 Å². The number of nitrogen functional groups attached to an aromatic ring is 1. The van der Waals surface area contributed by atoms with Gasteiger partial charge in [0.2, 0.25) is 12.6 Å². The van der Waals surface area contributed by atoms with Crippen molar-refractivity contribution in [2.24, 2.45) is 0 Å². The zero-order valence-corrected chi connectivity index (χ0v) is 20.4. The van der Waals surface area contributed by atoms with Gasteiger partial charge < -0.3 is 30.3 Å². The zero-order chi connectivity index (χ0) is 23.8. The molecule has 35 heavy (non-hydrogen) atoms. The third-order valence-corrected chi connectivity index (χ3v) is 8.08. The Morgan fingerprint density at radius 1 is 1.00 bits per heavy atom. The Hall–Kier alpha value is -3.30. The van der Waals surface area contributed by atoms with Gasteiger partial charge in [-0.3, -0.25) is 4.79 Å². The molecule has 9 heteroatoms. The number of thiazole rings is 1. The number of rotatable bonds is 6. The van der Waals surface area contributed by atoms with Gasteiger partial charge in [0.1, 0.15) is 10.7 Å². The highest BCUT2D eigenvalue weighted by Crippen LogP contribution is 2.35. The van der Waals surface area contributed by atoms with Crippen LogP contribution in [0.1, 0.15) is 40.9 Å². The number of nitrogens with one attached hydrogen (secondary N) is 1. The van der Waals surface area contributed by atoms with Crippen LogP contribution < -0.4 is 25.4 Å². The van der Waals surface area contributed by atoms with E-state index in [4.69, 9.17) is 15.2 Å². The van der Waals surface area contributed by atoms with Gasteiger partial charge in [0.25, 0.3) is 0 Å². The van der Waals surface area contributed by atoms with Gasteiger partial charge in [-0.2, -0.15) is 0 Å². The van der Waals surface area contributed by atoms with Crippen LogP contribution in [0.2, 0.25) is 0 Å². The van der Waals surface area contributed by atoms with Gasteiger partial charge in [-0.1, -0.05) is 11.3 Å². The van der Waals surface area contributed by atoms with Gasteiger partial charge in [0.15, 0.2) is 16.6 Å². The lowest BCUT2D eigenvalue weighted by Gasteiger charge is -2.37. The van der Waals surface area contributed by atoms with Crippen LogP contribution in [0.3, 0.4) is 0 Å². The first-order valence-electron chi connectivity index (χ1n) is 12.2. The largest absolute Gasteiger partial charge is 0.454 e. The molecular formula is C26H29N5O3S. The summed E-state index contributed by atoms with van der Waals surface area (Å²) in [6, 6.07) is 14.3. The number of nitrogens with two attached hydrogens (primary N) is 1. The Labute approximate surface area is 208 Å². The smallest absolute Gasteiger partial charge is 0.231 e. The van der Waals surface area contributed by atoms with Gasteiger partial charge in [-0.05, 0) is 81.2 Å². The average molecular weight is 492 g/mol. The first-order chi connectivity index (χ1) is 17.1. The molecule has 8 nitrogen and oxygen atoms in total. The maximum atomic E-state index is 13.0. The number of piperidine rings is 1. The van der Waals surface area contributed by atoms with Crippen molar-refractivity contribution in [3.8, 4) is 11.5 Å². The van der Waals surface area contributed by atoms with E-state index in [1.165, 1.54) is 55.8 Å². The fraction of sp³-hybridized carbons (Fsp3) is 0.385. The minimum Gasteiger partial charge on any atom is -0.454 e. The summed E-state index contributed by atoms with van der Waals surface area (Å²) in [7, 11) is 0. The molecule has 2 aromatic carbocycles. The van der Waals surface area contributed by atoms with E-state index in [9.17, 15) is 4.79 Å². The van der Waals surface area contributed by atoms with E-state index in [0.29, 0.717) is 27.1 Å². The van der Waals surface area contributed by atoms with E-state index >= 15 is 0 Å². The number of fused-ring (bicyclic) bond motifs is 1. The number of anilines is 4. The number of hydrogen-bond donors (Lipinski definition) is 2. The van der Waals surface area contributed by atoms with Crippen LogP contribution >= 0.6 is 11.3 Å². The van der Waals surface area contributed by atoms with Crippen molar-refractivity contribution in [1.29, 1.82) is 0 Å². The Balaban J connectivity index is 1.09. The fourth-order valence-electron chi connectivity index (χ4n) is 5.19. The molecule has 0 atom stereocenters. The summed E-state index contributed by atoms with van der Waals surface area (Å²) in [5, 5.41) is 3.88. The molecule has 3 aromatic rings. The van der Waals surface area contributed by atoms with Gasteiger partial charge in [-0.25, -0.2) is 4.98 Å². The van der Waals surface area contributed by atoms with Gasteiger partial charge in [0.05, 0.1) is 0 Å². The predicted molar refractivity (Wildman–Crippen MR) is 138 cm³/mol. The molecule has 4 heterocycles. The van der Waals surface area contributed by atoms with Crippen LogP contribution in [-0.4, -0.2) is 54.7 Å². The molecule has 0 saturated carbocycles. The summed E-state index contributed by atoms with van der Waals surface area (Å²) in [6.07, 6.45) is 5.18. The molecule has 0 spiro atoms. The monoisotopic (exact) mass is 491 g/mol. The minimum atomic E-state index is -0.181. The van der Waals surface area contributed by atoms with Crippen molar-refractivity contribution < 1.29 is 14.3 Å². The molecule has 2 fully saturated rings. The number of hydrogen-bond acceptors (Lipinski definition) is 9. The second-order valence-corrected chi connectivity index (χ2v) is 10.3. The summed E-state index contributed by atoms with van der Waals surface area (Å²) in [5.74, 6) is 1.25. The molecule has 0 unspecified atom stereocenters. The van der Waals surface area contributed by atoms with Crippen molar-refractivity contribution in [2.75, 3.05) is 48.9 Å². The normalized spacial score (nSPS) is 18.2. The second-order valence-electron chi connectivity index (χ2n) is 9.26. The van der Waals surface area contributed by atoms with E-state index in [1.807, 2.05) is 0 Å². The van der Waals surface area contributed by atoms with Crippen LogP contribution in [0, 0.1) is 0 Å². The number of carbonyl (C=O) groups is 1. The van der Waals surface area contributed by atoms with Crippen LogP contribution in [0.15, 0.2) is 42.5 Å². The number of likely N-dealkylation sites (tertiary alicyclic amines) is 1. The Morgan fingerprint density at radius 2 is 1.74 bits per heavy atom. The van der Waals surface area contributed by atoms with Crippen molar-refractivity contribution in [3.05, 3.63) is 52.9 Å². The number of nitrogens with zero attached hydrogens (tertiary/aromatic N) is 3. The standard InChI is InChI=1S/C26H29N5O3S/c27-25-24(23(32)17-3-8-21-22(15-17)34-16-33-21)35-26(29-25)28-18-4-6-19(7-5-18)31-13-9-20(10-14-31)30-11-1-2-12-30/h3-8,15,20H,1-2,9-14,16,27H2,(H,28,29). The maximum absolute atomic E-state index is 13.0. The fourth-order valence-corrected chi connectivity index (χ4v) is 6.06. The SMILES string of the molecule is Nc1nc(Nc2ccc(N3CCC(N4CCCC4)CC3)cc2)sc1C(=O)c1ccc2c(c1)OCO2. The number of ether oxygens (including phenoxy) is 2. The summed E-state index contributed by atoms with van der Waals surface area (Å²) in [5.41, 5.74) is 8.75. The molecule has 3 aliphatic heterocycles. The van der Waals surface area contributed by atoms with Crippen LogP contribution in [0.25, 0.3) is 0 Å². The topological polar surface area (TPSA) is 93.0 Å². The Bertz CT molecular complexity index is 1210. The molecule has 182 valence electrons. The maximum Gasteiger partial charge on any atom is 0.231 e. The molecule has 6 rings (SSSR count). The van der Waals surface area contributed by atoms with Crippen molar-refractivity contribution in [3.63, 3.8) is 0 Å². The molecule has 0 bridgehead atoms. The molecule has 0 radical (unpaired) electrons. The molecule has 0 aliphatic carbocycles. The first-order valence-corrected chi connectivity index (χ1v) is 13.0. The van der Waals surface area contributed by atoms with Crippen LogP contribution in [0.4, 0.5) is 22.3 Å². The number of carbonyl (C=O) groups excluding carboxylic acids is 1. The lowest BCUT2D eigenvalue weighted by Crippen LogP contribution is -2.43. The Kier molecular flexibility index (Phi) is 5.95. The molecule has 3 aliphatic rings. The number of ketones is 1. The van der Waals surface area contributed by atoms with Crippen LogP contribution in [0.5, 0.6) is 11.5 Å². The summed E-state index contributed by atoms with van der Waals surface area (Å²) in [6.45, 7) is 4.91. The van der Waals surface area contributed by atoms with E-state index in [0.717, 1.165) is 24.8 Å². The summed E-state index contributed by atoms with van der Waals surface area (Å²) < 4.78 is 10.7. The first kappa shape index (κ1) is 22.2. The van der Waals surface area contributed by atoms with Crippen LogP contribution in [-0.2, 0) is 0 Å². The minimum absolute atomic E-state index is 0.166. The highest BCUT2D eigenvalue weighted by molar-refractivity contribution is 7.18. The van der Waals surface area contributed by atoms with E-state index in [1.54, 1.807) is 18.2 Å². The number of benzene rings is 2. The molecular weight excluding hydrogens is 462 g/mol. The van der Waals surface area contributed by atoms with E-state index < -0.39 is 0 Å². The quantitative estimate of drug-likeness (QED) is 0.487. The molecule has 1 aromatic heterocycles. The third kappa shape index (κ3) is 4.53. The average Bonchev–Trinajstić information content (AvgIpc) is 3.65. The Morgan fingerprint density at radius 3 is 2.51 bits per heavy atom. The zero-order valence-electron chi connectivity index (χ0n) is 19.5.